The lowest BCUT2D eigenvalue weighted by Gasteiger charge is -2.33. The average Bonchev–Trinajstić information content (AvgIpc) is 2.18. The number of hydrogen-bond acceptors (Lipinski definition) is 3. The van der Waals surface area contributed by atoms with E-state index in [0.717, 1.165) is 42.5 Å². The van der Waals surface area contributed by atoms with Gasteiger partial charge in [-0.2, -0.15) is 0 Å². The van der Waals surface area contributed by atoms with E-state index in [2.05, 4.69) is 6.92 Å². The molecule has 0 aromatic rings. The van der Waals surface area contributed by atoms with Crippen LogP contribution in [0.25, 0.3) is 0 Å². The molecule has 1 rings (SSSR count). The number of ether oxygens (including phenoxy) is 2. The van der Waals surface area contributed by atoms with Gasteiger partial charge in [0.05, 0.1) is 18.3 Å². The van der Waals surface area contributed by atoms with Crippen molar-refractivity contribution >= 4 is 16.2 Å². The van der Waals surface area contributed by atoms with Gasteiger partial charge in [-0.15, -0.1) is 0 Å². The van der Waals surface area contributed by atoms with Crippen LogP contribution in [-0.4, -0.2) is 34.6 Å². The Kier molecular flexibility index (Phi) is 5.32. The SMILES string of the molecule is CCCCOC(=O)CC1([SiH3])CCCCO1. The molecule has 0 aromatic heterocycles. The topological polar surface area (TPSA) is 35.5 Å². The Morgan fingerprint density at radius 1 is 1.53 bits per heavy atom. The van der Waals surface area contributed by atoms with Gasteiger partial charge in [0.15, 0.2) is 0 Å². The van der Waals surface area contributed by atoms with Gasteiger partial charge in [-0.1, -0.05) is 13.3 Å². The number of esters is 1. The maximum atomic E-state index is 11.5. The third-order valence-electron chi connectivity index (χ3n) is 2.83. The first kappa shape index (κ1) is 12.7. The predicted octanol–water partition coefficient (Wildman–Crippen LogP) is 0.982. The van der Waals surface area contributed by atoms with Gasteiger partial charge in [0.1, 0.15) is 0 Å². The molecule has 0 amide bonds. The first-order chi connectivity index (χ1) is 7.16. The molecule has 0 spiro atoms. The molecule has 4 heteroatoms. The highest BCUT2D eigenvalue weighted by atomic mass is 28.1. The largest absolute Gasteiger partial charge is 0.466 e. The van der Waals surface area contributed by atoms with E-state index in [1.54, 1.807) is 0 Å². The monoisotopic (exact) mass is 230 g/mol. The van der Waals surface area contributed by atoms with E-state index in [0.29, 0.717) is 13.0 Å². The summed E-state index contributed by atoms with van der Waals surface area (Å²) in [7, 11) is 0.914. The second-order valence-electron chi connectivity index (χ2n) is 4.51. The molecule has 0 radical (unpaired) electrons. The van der Waals surface area contributed by atoms with Crippen molar-refractivity contribution < 1.29 is 14.3 Å². The van der Waals surface area contributed by atoms with Crippen molar-refractivity contribution in [2.24, 2.45) is 0 Å². The molecule has 0 aromatic carbocycles. The van der Waals surface area contributed by atoms with E-state index in [-0.39, 0.29) is 11.2 Å². The summed E-state index contributed by atoms with van der Waals surface area (Å²) in [5.41, 5.74) is 0. The second kappa shape index (κ2) is 6.28. The Bertz CT molecular complexity index is 200. The van der Waals surface area contributed by atoms with E-state index in [4.69, 9.17) is 9.47 Å². The molecule has 0 bridgehead atoms. The summed E-state index contributed by atoms with van der Waals surface area (Å²) in [5.74, 6) is -0.0830. The molecule has 1 atom stereocenters. The fourth-order valence-corrected chi connectivity index (χ4v) is 2.66. The summed E-state index contributed by atoms with van der Waals surface area (Å²) >= 11 is 0. The van der Waals surface area contributed by atoms with Crippen molar-refractivity contribution in [1.29, 1.82) is 0 Å². The van der Waals surface area contributed by atoms with Crippen LogP contribution >= 0.6 is 0 Å². The predicted molar refractivity (Wildman–Crippen MR) is 63.0 cm³/mol. The molecule has 1 saturated heterocycles. The zero-order chi connectivity index (χ0) is 11.1. The number of carbonyl (C=O) groups is 1. The molecule has 88 valence electrons. The van der Waals surface area contributed by atoms with Gasteiger partial charge < -0.3 is 9.47 Å². The molecule has 1 unspecified atom stereocenters. The van der Waals surface area contributed by atoms with Crippen molar-refractivity contribution in [1.82, 2.24) is 0 Å². The molecule has 15 heavy (non-hydrogen) atoms. The van der Waals surface area contributed by atoms with E-state index >= 15 is 0 Å². The molecule has 0 N–H and O–H groups in total. The summed E-state index contributed by atoms with van der Waals surface area (Å²) in [6, 6.07) is 0. The molecule has 0 saturated carbocycles. The maximum Gasteiger partial charge on any atom is 0.308 e. The summed E-state index contributed by atoms with van der Waals surface area (Å²) in [5, 5.41) is -0.137. The standard InChI is InChI=1S/C11H22O3Si/c1-2-3-7-13-10(12)9-11(15)6-4-5-8-14-11/h2-9H2,1,15H3. The Hall–Kier alpha value is -0.353. The lowest BCUT2D eigenvalue weighted by molar-refractivity contribution is -0.149. The zero-order valence-corrected chi connectivity index (χ0v) is 11.9. The summed E-state index contributed by atoms with van der Waals surface area (Å²) < 4.78 is 10.9. The average molecular weight is 230 g/mol. The van der Waals surface area contributed by atoms with Crippen molar-refractivity contribution in [3.05, 3.63) is 0 Å². The van der Waals surface area contributed by atoms with Crippen LogP contribution in [0.15, 0.2) is 0 Å². The van der Waals surface area contributed by atoms with Crippen LogP contribution in [0.2, 0.25) is 0 Å². The molecular weight excluding hydrogens is 208 g/mol. The number of hydrogen-bond donors (Lipinski definition) is 0. The smallest absolute Gasteiger partial charge is 0.308 e. The molecule has 1 aliphatic rings. The number of rotatable bonds is 5. The molecule has 1 fully saturated rings. The minimum Gasteiger partial charge on any atom is -0.466 e. The van der Waals surface area contributed by atoms with Crippen molar-refractivity contribution in [2.45, 2.75) is 50.7 Å². The molecule has 1 aliphatic heterocycles. The quantitative estimate of drug-likeness (QED) is 0.401. The second-order valence-corrected chi connectivity index (χ2v) is 6.33. The molecule has 1 heterocycles. The van der Waals surface area contributed by atoms with Crippen LogP contribution in [-0.2, 0) is 14.3 Å². The minimum absolute atomic E-state index is 0.0830. The Morgan fingerprint density at radius 3 is 2.93 bits per heavy atom. The van der Waals surface area contributed by atoms with Crippen LogP contribution < -0.4 is 0 Å². The lowest BCUT2D eigenvalue weighted by Crippen LogP contribution is -2.39. The van der Waals surface area contributed by atoms with Gasteiger partial charge in [0.2, 0.25) is 0 Å². The van der Waals surface area contributed by atoms with Gasteiger partial charge in [-0.3, -0.25) is 4.79 Å². The third kappa shape index (κ3) is 4.80. The number of unbranched alkanes of at least 4 members (excludes halogenated alkanes) is 1. The first-order valence-electron chi connectivity index (χ1n) is 5.96. The molecular formula is C11H22O3Si. The summed E-state index contributed by atoms with van der Waals surface area (Å²) in [6.07, 6.45) is 5.84. The van der Waals surface area contributed by atoms with Gasteiger partial charge >= 0.3 is 5.97 Å². The fourth-order valence-electron chi connectivity index (χ4n) is 1.82. The van der Waals surface area contributed by atoms with Gasteiger partial charge in [-0.25, -0.2) is 0 Å². The van der Waals surface area contributed by atoms with Gasteiger partial charge in [0.25, 0.3) is 0 Å². The lowest BCUT2D eigenvalue weighted by atomic mass is 10.1. The zero-order valence-electron chi connectivity index (χ0n) is 9.88. The first-order valence-corrected chi connectivity index (χ1v) is 6.96. The van der Waals surface area contributed by atoms with Crippen molar-refractivity contribution in [2.75, 3.05) is 13.2 Å². The molecule has 3 nitrogen and oxygen atoms in total. The summed E-state index contributed by atoms with van der Waals surface area (Å²) in [4.78, 5) is 11.5. The van der Waals surface area contributed by atoms with Crippen molar-refractivity contribution in [3.63, 3.8) is 0 Å². The highest BCUT2D eigenvalue weighted by molar-refractivity contribution is 6.15. The number of carbonyl (C=O) groups excluding carboxylic acids is 1. The fraction of sp³-hybridized carbons (Fsp3) is 0.909. The van der Waals surface area contributed by atoms with E-state index in [1.807, 2.05) is 0 Å². The van der Waals surface area contributed by atoms with Crippen LogP contribution in [0.1, 0.15) is 45.4 Å². The highest BCUT2D eigenvalue weighted by Gasteiger charge is 2.30. The Balaban J connectivity index is 2.23. The molecule has 0 aliphatic carbocycles. The third-order valence-corrected chi connectivity index (χ3v) is 3.97. The maximum absolute atomic E-state index is 11.5. The minimum atomic E-state index is -0.137. The van der Waals surface area contributed by atoms with Crippen LogP contribution in [0, 0.1) is 0 Å². The normalized spacial score (nSPS) is 26.5. The van der Waals surface area contributed by atoms with Gasteiger partial charge in [0, 0.05) is 16.8 Å². The van der Waals surface area contributed by atoms with Crippen LogP contribution in [0.4, 0.5) is 0 Å². The van der Waals surface area contributed by atoms with Crippen LogP contribution in [0.3, 0.4) is 0 Å². The van der Waals surface area contributed by atoms with E-state index in [1.165, 1.54) is 6.42 Å². The van der Waals surface area contributed by atoms with E-state index in [9.17, 15) is 4.79 Å². The Labute approximate surface area is 94.9 Å². The Morgan fingerprint density at radius 2 is 2.33 bits per heavy atom. The van der Waals surface area contributed by atoms with Crippen molar-refractivity contribution in [3.8, 4) is 0 Å². The van der Waals surface area contributed by atoms with Gasteiger partial charge in [-0.05, 0) is 25.7 Å². The van der Waals surface area contributed by atoms with E-state index < -0.39 is 0 Å². The van der Waals surface area contributed by atoms with Crippen LogP contribution in [0.5, 0.6) is 0 Å². The highest BCUT2D eigenvalue weighted by Crippen LogP contribution is 2.25. The summed E-state index contributed by atoms with van der Waals surface area (Å²) in [6.45, 7) is 3.46.